The second-order valence-electron chi connectivity index (χ2n) is 5.99. The average Bonchev–Trinajstić information content (AvgIpc) is 2.50. The van der Waals surface area contributed by atoms with Crippen molar-refractivity contribution in [1.82, 2.24) is 15.1 Å². The molecule has 2 rings (SSSR count). The molecule has 0 spiro atoms. The van der Waals surface area contributed by atoms with Gasteiger partial charge in [-0.2, -0.15) is 0 Å². The largest absolute Gasteiger partial charge is 0.496 e. The van der Waals surface area contributed by atoms with Crippen LogP contribution >= 0.6 is 0 Å². The van der Waals surface area contributed by atoms with Crippen LogP contribution in [0.15, 0.2) is 24.3 Å². The molecule has 2 atom stereocenters. The standard InChI is InChI=1S/C17H29N3O/c1-5-18-15(16-13-19(2)10-11-20(16)3)12-14-8-6-7-9-17(14)21-4/h6-9,15-16,18H,5,10-13H2,1-4H3. The Hall–Kier alpha value is -1.10. The third-order valence-corrected chi connectivity index (χ3v) is 4.46. The summed E-state index contributed by atoms with van der Waals surface area (Å²) >= 11 is 0. The van der Waals surface area contributed by atoms with Gasteiger partial charge in [0.25, 0.3) is 0 Å². The molecule has 1 aliphatic heterocycles. The molecule has 1 saturated heterocycles. The molecule has 118 valence electrons. The van der Waals surface area contributed by atoms with Crippen molar-refractivity contribution in [2.75, 3.05) is 47.4 Å². The maximum atomic E-state index is 5.51. The third kappa shape index (κ3) is 4.19. The van der Waals surface area contributed by atoms with E-state index in [4.69, 9.17) is 4.74 Å². The van der Waals surface area contributed by atoms with Gasteiger partial charge in [0.1, 0.15) is 5.75 Å². The summed E-state index contributed by atoms with van der Waals surface area (Å²) in [4.78, 5) is 4.92. The zero-order valence-electron chi connectivity index (χ0n) is 13.8. The highest BCUT2D eigenvalue weighted by atomic mass is 16.5. The Labute approximate surface area is 129 Å². The Kier molecular flexibility index (Phi) is 6.03. The molecule has 4 heteroatoms. The van der Waals surface area contributed by atoms with E-state index in [1.807, 2.05) is 6.07 Å². The van der Waals surface area contributed by atoms with Crippen LogP contribution < -0.4 is 10.1 Å². The van der Waals surface area contributed by atoms with Crippen LogP contribution in [0.4, 0.5) is 0 Å². The minimum atomic E-state index is 0.444. The topological polar surface area (TPSA) is 27.7 Å². The number of hydrogen-bond acceptors (Lipinski definition) is 4. The first-order valence-corrected chi connectivity index (χ1v) is 7.89. The predicted molar refractivity (Wildman–Crippen MR) is 88.1 cm³/mol. The van der Waals surface area contributed by atoms with Crippen LogP contribution in [-0.4, -0.2) is 69.3 Å². The summed E-state index contributed by atoms with van der Waals surface area (Å²) < 4.78 is 5.51. The number of hydrogen-bond donors (Lipinski definition) is 1. The van der Waals surface area contributed by atoms with Gasteiger partial charge in [0.15, 0.2) is 0 Å². The zero-order valence-corrected chi connectivity index (χ0v) is 13.8. The fraction of sp³-hybridized carbons (Fsp3) is 0.647. The van der Waals surface area contributed by atoms with Gasteiger partial charge in [-0.25, -0.2) is 0 Å². The Bertz CT molecular complexity index is 438. The molecule has 0 bridgehead atoms. The first-order chi connectivity index (χ1) is 10.2. The predicted octanol–water partition coefficient (Wildman–Crippen LogP) is 1.46. The lowest BCUT2D eigenvalue weighted by atomic mass is 9.96. The van der Waals surface area contributed by atoms with Gasteiger partial charge in [-0.3, -0.25) is 4.90 Å². The third-order valence-electron chi connectivity index (χ3n) is 4.46. The van der Waals surface area contributed by atoms with Crippen molar-refractivity contribution in [3.63, 3.8) is 0 Å². The SMILES string of the molecule is CCNC(Cc1ccccc1OC)C1CN(C)CCN1C. The molecular formula is C17H29N3O. The van der Waals surface area contributed by atoms with E-state index in [2.05, 4.69) is 54.3 Å². The van der Waals surface area contributed by atoms with Crippen molar-refractivity contribution >= 4 is 0 Å². The Morgan fingerprint density at radius 1 is 1.29 bits per heavy atom. The number of nitrogens with zero attached hydrogens (tertiary/aromatic N) is 2. The van der Waals surface area contributed by atoms with E-state index in [1.165, 1.54) is 5.56 Å². The summed E-state index contributed by atoms with van der Waals surface area (Å²) in [6, 6.07) is 9.33. The minimum absolute atomic E-state index is 0.444. The summed E-state index contributed by atoms with van der Waals surface area (Å²) in [5.41, 5.74) is 1.28. The summed E-state index contributed by atoms with van der Waals surface area (Å²) in [7, 11) is 6.21. The summed E-state index contributed by atoms with van der Waals surface area (Å²) in [6.07, 6.45) is 1.00. The molecule has 0 saturated carbocycles. The van der Waals surface area contributed by atoms with Gasteiger partial charge >= 0.3 is 0 Å². The second-order valence-corrected chi connectivity index (χ2v) is 5.99. The minimum Gasteiger partial charge on any atom is -0.496 e. The van der Waals surface area contributed by atoms with E-state index in [0.717, 1.165) is 38.3 Å². The lowest BCUT2D eigenvalue weighted by molar-refractivity contribution is 0.0879. The van der Waals surface area contributed by atoms with Crippen LogP contribution in [0, 0.1) is 0 Å². The first-order valence-electron chi connectivity index (χ1n) is 7.89. The van der Waals surface area contributed by atoms with Crippen LogP contribution in [-0.2, 0) is 6.42 Å². The van der Waals surface area contributed by atoms with Gasteiger partial charge in [0.2, 0.25) is 0 Å². The van der Waals surface area contributed by atoms with Crippen LogP contribution in [0.5, 0.6) is 5.75 Å². The molecule has 4 nitrogen and oxygen atoms in total. The highest BCUT2D eigenvalue weighted by Gasteiger charge is 2.29. The van der Waals surface area contributed by atoms with Crippen molar-refractivity contribution in [2.45, 2.75) is 25.4 Å². The van der Waals surface area contributed by atoms with Gasteiger partial charge in [-0.05, 0) is 38.7 Å². The normalized spacial score (nSPS) is 22.2. The van der Waals surface area contributed by atoms with E-state index in [9.17, 15) is 0 Å². The van der Waals surface area contributed by atoms with Crippen molar-refractivity contribution < 1.29 is 4.74 Å². The highest BCUT2D eigenvalue weighted by Crippen LogP contribution is 2.21. The van der Waals surface area contributed by atoms with E-state index < -0.39 is 0 Å². The van der Waals surface area contributed by atoms with Crippen LogP contribution in [0.3, 0.4) is 0 Å². The molecule has 2 unspecified atom stereocenters. The van der Waals surface area contributed by atoms with Gasteiger partial charge in [-0.1, -0.05) is 25.1 Å². The van der Waals surface area contributed by atoms with E-state index in [1.54, 1.807) is 7.11 Å². The monoisotopic (exact) mass is 291 g/mol. The molecule has 1 fully saturated rings. The van der Waals surface area contributed by atoms with Crippen molar-refractivity contribution in [3.05, 3.63) is 29.8 Å². The van der Waals surface area contributed by atoms with Crippen LogP contribution in [0.2, 0.25) is 0 Å². The number of benzene rings is 1. The average molecular weight is 291 g/mol. The number of nitrogens with one attached hydrogen (secondary N) is 1. The quantitative estimate of drug-likeness (QED) is 0.859. The Balaban J connectivity index is 2.14. The first kappa shape index (κ1) is 16.3. The van der Waals surface area contributed by atoms with Gasteiger partial charge in [-0.15, -0.1) is 0 Å². The van der Waals surface area contributed by atoms with Crippen molar-refractivity contribution in [3.8, 4) is 5.75 Å². The molecule has 21 heavy (non-hydrogen) atoms. The smallest absolute Gasteiger partial charge is 0.122 e. The number of methoxy groups -OCH3 is 1. The van der Waals surface area contributed by atoms with Crippen LogP contribution in [0.25, 0.3) is 0 Å². The highest BCUT2D eigenvalue weighted by molar-refractivity contribution is 5.34. The summed E-state index contributed by atoms with van der Waals surface area (Å²) in [5.74, 6) is 0.993. The molecule has 0 radical (unpaired) electrons. The number of likely N-dealkylation sites (N-methyl/N-ethyl adjacent to an activating group) is 3. The molecule has 1 aliphatic rings. The van der Waals surface area contributed by atoms with Gasteiger partial charge in [0, 0.05) is 31.7 Å². The van der Waals surface area contributed by atoms with Crippen molar-refractivity contribution in [1.29, 1.82) is 0 Å². The molecule has 1 heterocycles. The number of ether oxygens (including phenoxy) is 1. The van der Waals surface area contributed by atoms with E-state index in [-0.39, 0.29) is 0 Å². The Morgan fingerprint density at radius 2 is 2.05 bits per heavy atom. The van der Waals surface area contributed by atoms with Crippen LogP contribution in [0.1, 0.15) is 12.5 Å². The molecule has 0 aromatic heterocycles. The second kappa shape index (κ2) is 7.78. The maximum absolute atomic E-state index is 5.51. The summed E-state index contributed by atoms with van der Waals surface area (Å²) in [5, 5.41) is 3.68. The van der Waals surface area contributed by atoms with Gasteiger partial charge < -0.3 is 15.0 Å². The molecular weight excluding hydrogens is 262 g/mol. The maximum Gasteiger partial charge on any atom is 0.122 e. The van der Waals surface area contributed by atoms with Gasteiger partial charge in [0.05, 0.1) is 7.11 Å². The molecule has 0 aliphatic carbocycles. The molecule has 1 aromatic carbocycles. The lowest BCUT2D eigenvalue weighted by Crippen LogP contribution is -2.59. The number of rotatable bonds is 6. The molecule has 0 amide bonds. The van der Waals surface area contributed by atoms with Crippen molar-refractivity contribution in [2.24, 2.45) is 0 Å². The van der Waals surface area contributed by atoms with E-state index >= 15 is 0 Å². The molecule has 1 aromatic rings. The van der Waals surface area contributed by atoms with E-state index in [0.29, 0.717) is 12.1 Å². The molecule has 1 N–H and O–H groups in total. The zero-order chi connectivity index (χ0) is 15.2. The Morgan fingerprint density at radius 3 is 2.76 bits per heavy atom. The lowest BCUT2D eigenvalue weighted by Gasteiger charge is -2.42. The summed E-state index contributed by atoms with van der Waals surface area (Å²) in [6.45, 7) is 6.58. The number of piperazine rings is 1. The fourth-order valence-corrected chi connectivity index (χ4v) is 3.19. The number of para-hydroxylation sites is 1. The fourth-order valence-electron chi connectivity index (χ4n) is 3.19.